The third kappa shape index (κ3) is 1.62. The fourth-order valence-corrected chi connectivity index (χ4v) is 2.64. The minimum atomic E-state index is 0.841. The molecule has 0 radical (unpaired) electrons. The van der Waals surface area contributed by atoms with E-state index in [1.807, 2.05) is 18.3 Å². The van der Waals surface area contributed by atoms with Crippen molar-refractivity contribution < 1.29 is 0 Å². The predicted molar refractivity (Wildman–Crippen MR) is 72.3 cm³/mol. The molecule has 2 heterocycles. The van der Waals surface area contributed by atoms with Gasteiger partial charge in [-0.05, 0) is 37.5 Å². The van der Waals surface area contributed by atoms with Crippen LogP contribution in [0.3, 0.4) is 0 Å². The number of nitrogen functional groups attached to an aromatic ring is 1. The fraction of sp³-hybridized carbons (Fsp3) is 0.357. The average molecular weight is 227 g/mol. The molecule has 1 fully saturated rings. The van der Waals surface area contributed by atoms with E-state index in [4.69, 9.17) is 5.73 Å². The number of rotatable bonds is 1. The molecule has 0 aliphatic carbocycles. The van der Waals surface area contributed by atoms with Gasteiger partial charge in [0.05, 0.1) is 0 Å². The number of hydrogen-bond donors (Lipinski definition) is 1. The van der Waals surface area contributed by atoms with Crippen LogP contribution in [0.5, 0.6) is 0 Å². The number of hydrogen-bond acceptors (Lipinski definition) is 3. The van der Waals surface area contributed by atoms with Crippen LogP contribution in [0.25, 0.3) is 10.8 Å². The summed E-state index contributed by atoms with van der Waals surface area (Å²) in [5.41, 5.74) is 8.14. The maximum absolute atomic E-state index is 6.05. The standard InChI is InChI=1S/C14H17N3/c1-10-4-5-12(15)11-6-7-16-14(13(10)11)17-8-2-3-9-17/h4-7H,2-3,8-9,15H2,1H3. The highest BCUT2D eigenvalue weighted by Crippen LogP contribution is 2.32. The van der Waals surface area contributed by atoms with E-state index >= 15 is 0 Å². The van der Waals surface area contributed by atoms with Gasteiger partial charge in [0.25, 0.3) is 0 Å². The van der Waals surface area contributed by atoms with Gasteiger partial charge in [-0.15, -0.1) is 0 Å². The minimum absolute atomic E-state index is 0.841. The third-order valence-electron chi connectivity index (χ3n) is 3.55. The Kier molecular flexibility index (Phi) is 2.39. The lowest BCUT2D eigenvalue weighted by Crippen LogP contribution is -2.19. The number of benzene rings is 1. The Morgan fingerprint density at radius 3 is 2.71 bits per heavy atom. The molecule has 0 amide bonds. The summed E-state index contributed by atoms with van der Waals surface area (Å²) in [6.45, 7) is 4.35. The summed E-state index contributed by atoms with van der Waals surface area (Å²) >= 11 is 0. The molecule has 0 bridgehead atoms. The van der Waals surface area contributed by atoms with Gasteiger partial charge in [-0.2, -0.15) is 0 Å². The van der Waals surface area contributed by atoms with Crippen LogP contribution in [0.2, 0.25) is 0 Å². The average Bonchev–Trinajstić information content (AvgIpc) is 2.87. The van der Waals surface area contributed by atoms with Crippen molar-refractivity contribution in [2.45, 2.75) is 19.8 Å². The molecular weight excluding hydrogens is 210 g/mol. The van der Waals surface area contributed by atoms with Crippen LogP contribution in [0.15, 0.2) is 24.4 Å². The number of aromatic nitrogens is 1. The number of anilines is 2. The van der Waals surface area contributed by atoms with Crippen molar-refractivity contribution in [2.75, 3.05) is 23.7 Å². The van der Waals surface area contributed by atoms with Gasteiger partial charge in [-0.25, -0.2) is 4.98 Å². The molecule has 3 heteroatoms. The number of fused-ring (bicyclic) bond motifs is 1. The first-order valence-electron chi connectivity index (χ1n) is 6.16. The second-order valence-electron chi connectivity index (χ2n) is 4.72. The van der Waals surface area contributed by atoms with Gasteiger partial charge in [0.1, 0.15) is 5.82 Å². The maximum atomic E-state index is 6.05. The third-order valence-corrected chi connectivity index (χ3v) is 3.55. The molecule has 3 nitrogen and oxygen atoms in total. The monoisotopic (exact) mass is 227 g/mol. The summed E-state index contributed by atoms with van der Waals surface area (Å²) in [5, 5.41) is 2.34. The van der Waals surface area contributed by atoms with Gasteiger partial charge < -0.3 is 10.6 Å². The molecule has 0 saturated carbocycles. The normalized spacial score (nSPS) is 15.7. The molecule has 0 spiro atoms. The quantitative estimate of drug-likeness (QED) is 0.762. The highest BCUT2D eigenvalue weighted by atomic mass is 15.2. The van der Waals surface area contributed by atoms with Gasteiger partial charge in [-0.3, -0.25) is 0 Å². The number of pyridine rings is 1. The van der Waals surface area contributed by atoms with Crippen molar-refractivity contribution in [1.82, 2.24) is 4.98 Å². The van der Waals surface area contributed by atoms with Gasteiger partial charge in [-0.1, -0.05) is 6.07 Å². The van der Waals surface area contributed by atoms with Crippen molar-refractivity contribution in [3.05, 3.63) is 30.0 Å². The first kappa shape index (κ1) is 10.4. The molecule has 17 heavy (non-hydrogen) atoms. The summed E-state index contributed by atoms with van der Waals surface area (Å²) in [6.07, 6.45) is 4.39. The second kappa shape index (κ2) is 3.91. The van der Waals surface area contributed by atoms with Gasteiger partial charge in [0.15, 0.2) is 0 Å². The van der Waals surface area contributed by atoms with E-state index in [1.165, 1.54) is 23.8 Å². The number of nitrogens with zero attached hydrogens (tertiary/aromatic N) is 2. The van der Waals surface area contributed by atoms with Crippen LogP contribution in [0.1, 0.15) is 18.4 Å². The Morgan fingerprint density at radius 1 is 1.18 bits per heavy atom. The molecule has 1 aromatic heterocycles. The summed E-state index contributed by atoms with van der Waals surface area (Å²) in [4.78, 5) is 6.93. The highest BCUT2D eigenvalue weighted by Gasteiger charge is 2.17. The molecule has 1 saturated heterocycles. The van der Waals surface area contributed by atoms with Crippen molar-refractivity contribution >= 4 is 22.3 Å². The molecule has 2 N–H and O–H groups in total. The topological polar surface area (TPSA) is 42.1 Å². The second-order valence-corrected chi connectivity index (χ2v) is 4.72. The molecule has 1 aromatic carbocycles. The minimum Gasteiger partial charge on any atom is -0.398 e. The van der Waals surface area contributed by atoms with Gasteiger partial charge in [0.2, 0.25) is 0 Å². The van der Waals surface area contributed by atoms with Crippen molar-refractivity contribution in [3.8, 4) is 0 Å². The first-order valence-corrected chi connectivity index (χ1v) is 6.16. The van der Waals surface area contributed by atoms with E-state index in [0.717, 1.165) is 30.0 Å². The lowest BCUT2D eigenvalue weighted by atomic mass is 10.0. The Labute approximate surface area is 101 Å². The predicted octanol–water partition coefficient (Wildman–Crippen LogP) is 2.73. The van der Waals surface area contributed by atoms with Crippen molar-refractivity contribution in [2.24, 2.45) is 0 Å². The Hall–Kier alpha value is -1.77. The summed E-state index contributed by atoms with van der Waals surface area (Å²) in [5.74, 6) is 1.10. The molecule has 88 valence electrons. The lowest BCUT2D eigenvalue weighted by Gasteiger charge is -2.19. The fourth-order valence-electron chi connectivity index (χ4n) is 2.64. The molecule has 3 rings (SSSR count). The van der Waals surface area contributed by atoms with Crippen LogP contribution in [-0.4, -0.2) is 18.1 Å². The summed E-state index contributed by atoms with van der Waals surface area (Å²) in [6, 6.07) is 6.07. The Bertz CT molecular complexity index is 557. The van der Waals surface area contributed by atoms with E-state index in [2.05, 4.69) is 22.9 Å². The lowest BCUT2D eigenvalue weighted by molar-refractivity contribution is 0.945. The van der Waals surface area contributed by atoms with E-state index in [-0.39, 0.29) is 0 Å². The van der Waals surface area contributed by atoms with E-state index in [1.54, 1.807) is 0 Å². The van der Waals surface area contributed by atoms with Crippen LogP contribution in [-0.2, 0) is 0 Å². The Morgan fingerprint density at radius 2 is 1.94 bits per heavy atom. The number of nitrogens with two attached hydrogens (primary N) is 1. The van der Waals surface area contributed by atoms with Crippen LogP contribution < -0.4 is 10.6 Å². The van der Waals surface area contributed by atoms with Crippen LogP contribution in [0, 0.1) is 6.92 Å². The van der Waals surface area contributed by atoms with Crippen molar-refractivity contribution in [1.29, 1.82) is 0 Å². The van der Waals surface area contributed by atoms with Gasteiger partial charge in [0, 0.05) is 35.7 Å². The molecular formula is C14H17N3. The van der Waals surface area contributed by atoms with Gasteiger partial charge >= 0.3 is 0 Å². The zero-order chi connectivity index (χ0) is 11.8. The zero-order valence-corrected chi connectivity index (χ0v) is 10.1. The van der Waals surface area contributed by atoms with E-state index in [9.17, 15) is 0 Å². The molecule has 0 unspecified atom stereocenters. The van der Waals surface area contributed by atoms with Crippen LogP contribution >= 0.6 is 0 Å². The summed E-state index contributed by atoms with van der Waals surface area (Å²) in [7, 11) is 0. The molecule has 0 atom stereocenters. The smallest absolute Gasteiger partial charge is 0.136 e. The zero-order valence-electron chi connectivity index (χ0n) is 10.1. The molecule has 1 aliphatic rings. The largest absolute Gasteiger partial charge is 0.398 e. The van der Waals surface area contributed by atoms with E-state index in [0.29, 0.717) is 0 Å². The summed E-state index contributed by atoms with van der Waals surface area (Å²) < 4.78 is 0. The Balaban J connectivity index is 2.27. The highest BCUT2D eigenvalue weighted by molar-refractivity contribution is 6.01. The van der Waals surface area contributed by atoms with E-state index < -0.39 is 0 Å². The molecule has 1 aliphatic heterocycles. The first-order chi connectivity index (χ1) is 8.27. The van der Waals surface area contributed by atoms with Crippen molar-refractivity contribution in [3.63, 3.8) is 0 Å². The maximum Gasteiger partial charge on any atom is 0.136 e. The van der Waals surface area contributed by atoms with Crippen LogP contribution in [0.4, 0.5) is 11.5 Å². The SMILES string of the molecule is Cc1ccc(N)c2ccnc(N3CCCC3)c12. The number of aryl methyl sites for hydroxylation is 1. The molecule has 2 aromatic rings.